The molecule has 170 valence electrons. The molecule has 4 aromatic rings. The number of hydrogen-bond acceptors (Lipinski definition) is 5. The first-order chi connectivity index (χ1) is 16.6. The number of fused-ring (bicyclic) bond motifs is 9. The molecule has 7 rings (SSSR count). The van der Waals surface area contributed by atoms with Crippen LogP contribution in [0.2, 0.25) is 0 Å². The molecular weight excluding hydrogens is 477 g/mol. The summed E-state index contributed by atoms with van der Waals surface area (Å²) in [6, 6.07) is 26.8. The molecule has 0 bridgehead atoms. The van der Waals surface area contributed by atoms with Crippen molar-refractivity contribution in [2.45, 2.75) is 31.1 Å². The third-order valence-corrected chi connectivity index (χ3v) is 12.2. The van der Waals surface area contributed by atoms with Gasteiger partial charge in [-0.2, -0.15) is 0 Å². The van der Waals surface area contributed by atoms with E-state index >= 15 is 0 Å². The van der Waals surface area contributed by atoms with Gasteiger partial charge in [0.2, 0.25) is 0 Å². The number of methoxy groups -OCH3 is 2. The van der Waals surface area contributed by atoms with Crippen LogP contribution < -0.4 is 9.47 Å². The smallest absolute Gasteiger partial charge is 0.119 e. The van der Waals surface area contributed by atoms with Crippen LogP contribution in [0.3, 0.4) is 0 Å². The van der Waals surface area contributed by atoms with Gasteiger partial charge >= 0.3 is 0 Å². The topological polar surface area (TPSA) is 18.5 Å². The fourth-order valence-corrected chi connectivity index (χ4v) is 10.8. The van der Waals surface area contributed by atoms with Crippen molar-refractivity contribution in [2.24, 2.45) is 5.92 Å². The highest BCUT2D eigenvalue weighted by Crippen LogP contribution is 2.85. The molecule has 5 heteroatoms. The van der Waals surface area contributed by atoms with Crippen LogP contribution in [0.1, 0.15) is 23.6 Å². The van der Waals surface area contributed by atoms with Crippen molar-refractivity contribution in [2.75, 3.05) is 20.0 Å². The molecule has 1 saturated heterocycles. The van der Waals surface area contributed by atoms with Gasteiger partial charge in [-0.05, 0) is 75.8 Å². The average Bonchev–Trinajstić information content (AvgIpc) is 3.56. The largest absolute Gasteiger partial charge is 0.497 e. The normalized spacial score (nSPS) is 23.3. The Labute approximate surface area is 212 Å². The Bertz CT molecular complexity index is 1430. The summed E-state index contributed by atoms with van der Waals surface area (Å²) in [6.07, 6.45) is 0. The third kappa shape index (κ3) is 2.58. The highest BCUT2D eigenvalue weighted by molar-refractivity contribution is 8.09. The van der Waals surface area contributed by atoms with E-state index in [-0.39, 0.29) is 9.49 Å². The molecule has 0 radical (unpaired) electrons. The monoisotopic (exact) mass is 500 g/mol. The quantitative estimate of drug-likeness (QED) is 0.259. The molecule has 2 atom stereocenters. The molecule has 2 spiro atoms. The van der Waals surface area contributed by atoms with Crippen molar-refractivity contribution in [3.05, 3.63) is 89.5 Å². The SMILES string of the molecule is COc1ccc2c(c1)C1(SC13c1c(ccc4ccccc14)SCC3C)c1cc(OC)ccc1S2. The van der Waals surface area contributed by atoms with Crippen LogP contribution in [0, 0.1) is 5.92 Å². The van der Waals surface area contributed by atoms with Gasteiger partial charge in [-0.25, -0.2) is 0 Å². The lowest BCUT2D eigenvalue weighted by atomic mass is 9.70. The van der Waals surface area contributed by atoms with Crippen LogP contribution in [-0.4, -0.2) is 20.0 Å². The number of hydrogen-bond donors (Lipinski definition) is 0. The van der Waals surface area contributed by atoms with Gasteiger partial charge in [-0.15, -0.1) is 23.5 Å². The molecule has 3 aliphatic rings. The average molecular weight is 501 g/mol. The van der Waals surface area contributed by atoms with Gasteiger partial charge in [0.1, 0.15) is 11.5 Å². The van der Waals surface area contributed by atoms with E-state index in [2.05, 4.69) is 91.5 Å². The van der Waals surface area contributed by atoms with Crippen molar-refractivity contribution in [3.63, 3.8) is 0 Å². The van der Waals surface area contributed by atoms with Gasteiger partial charge in [-0.3, -0.25) is 0 Å². The van der Waals surface area contributed by atoms with Gasteiger partial charge in [-0.1, -0.05) is 49.0 Å². The van der Waals surface area contributed by atoms with Crippen molar-refractivity contribution < 1.29 is 9.47 Å². The maximum atomic E-state index is 5.73. The van der Waals surface area contributed by atoms with Crippen molar-refractivity contribution in [1.82, 2.24) is 0 Å². The fraction of sp³-hybridized carbons (Fsp3) is 0.241. The molecule has 2 nitrogen and oxygen atoms in total. The Kier molecular flexibility index (Phi) is 4.59. The molecule has 3 aliphatic heterocycles. The summed E-state index contributed by atoms with van der Waals surface area (Å²) >= 11 is 6.01. The van der Waals surface area contributed by atoms with Crippen LogP contribution in [0.25, 0.3) is 10.8 Å². The van der Waals surface area contributed by atoms with Gasteiger partial charge in [0.15, 0.2) is 0 Å². The van der Waals surface area contributed by atoms with Gasteiger partial charge in [0, 0.05) is 20.4 Å². The number of ether oxygens (including phenoxy) is 2. The minimum absolute atomic E-state index is 0.0440. The first-order valence-corrected chi connectivity index (χ1v) is 14.1. The van der Waals surface area contributed by atoms with Crippen LogP contribution in [0.5, 0.6) is 11.5 Å². The van der Waals surface area contributed by atoms with Crippen LogP contribution in [0.4, 0.5) is 0 Å². The Morgan fingerprint density at radius 3 is 2.12 bits per heavy atom. The lowest BCUT2D eigenvalue weighted by Crippen LogP contribution is -2.35. The van der Waals surface area contributed by atoms with E-state index in [9.17, 15) is 0 Å². The Hall–Kier alpha value is -2.21. The molecule has 0 saturated carbocycles. The lowest BCUT2D eigenvalue weighted by molar-refractivity contribution is 0.404. The van der Waals surface area contributed by atoms with E-state index in [1.807, 2.05) is 23.5 Å². The zero-order chi connectivity index (χ0) is 23.1. The maximum absolute atomic E-state index is 5.73. The summed E-state index contributed by atoms with van der Waals surface area (Å²) in [5.41, 5.74) is 4.26. The van der Waals surface area contributed by atoms with Crippen LogP contribution in [-0.2, 0) is 9.49 Å². The third-order valence-electron chi connectivity index (χ3n) is 7.59. The highest BCUT2D eigenvalue weighted by atomic mass is 32.2. The minimum atomic E-state index is -0.175. The second-order valence-corrected chi connectivity index (χ2v) is 12.8. The zero-order valence-corrected chi connectivity index (χ0v) is 21.7. The summed E-state index contributed by atoms with van der Waals surface area (Å²) < 4.78 is 11.2. The molecule has 34 heavy (non-hydrogen) atoms. The predicted molar refractivity (Wildman–Crippen MR) is 144 cm³/mol. The van der Waals surface area contributed by atoms with Crippen LogP contribution >= 0.6 is 35.3 Å². The molecular formula is C29H24O2S3. The predicted octanol–water partition coefficient (Wildman–Crippen LogP) is 7.95. The van der Waals surface area contributed by atoms with Gasteiger partial charge in [0.05, 0.1) is 23.7 Å². The molecule has 0 N–H and O–H groups in total. The summed E-state index contributed by atoms with van der Waals surface area (Å²) in [4.78, 5) is 4.08. The van der Waals surface area contributed by atoms with E-state index in [1.54, 1.807) is 14.2 Å². The van der Waals surface area contributed by atoms with E-state index in [1.165, 1.54) is 42.1 Å². The van der Waals surface area contributed by atoms with Crippen molar-refractivity contribution in [3.8, 4) is 11.5 Å². The fourth-order valence-electron chi connectivity index (χ4n) is 6.00. The minimum Gasteiger partial charge on any atom is -0.497 e. The standard InChI is InChI=1S/C29H24O2S3/c1-17-16-32-26-11-8-18-6-4-5-7-21(18)27(26)28(17)29(34-28)22-14-19(30-2)9-12-24(22)33-25-13-10-20(31-3)15-23(25)29/h4-15,17H,16H2,1-3H3. The number of benzene rings is 4. The van der Waals surface area contributed by atoms with E-state index in [4.69, 9.17) is 9.47 Å². The number of rotatable bonds is 2. The number of thioether (sulfide) groups is 2. The second-order valence-electron chi connectivity index (χ2n) is 9.22. The van der Waals surface area contributed by atoms with E-state index < -0.39 is 0 Å². The molecule has 3 heterocycles. The molecule has 0 aliphatic carbocycles. The first kappa shape index (κ1) is 21.1. The van der Waals surface area contributed by atoms with E-state index in [0.717, 1.165) is 17.3 Å². The van der Waals surface area contributed by atoms with E-state index in [0.29, 0.717) is 5.92 Å². The molecule has 1 fully saturated rings. The maximum Gasteiger partial charge on any atom is 0.119 e. The molecule has 4 aromatic carbocycles. The Morgan fingerprint density at radius 1 is 0.794 bits per heavy atom. The summed E-state index contributed by atoms with van der Waals surface area (Å²) in [5.74, 6) is 3.46. The summed E-state index contributed by atoms with van der Waals surface area (Å²) in [6.45, 7) is 2.45. The van der Waals surface area contributed by atoms with Crippen molar-refractivity contribution in [1.29, 1.82) is 0 Å². The lowest BCUT2D eigenvalue weighted by Gasteiger charge is -2.38. The molecule has 2 unspecified atom stereocenters. The summed E-state index contributed by atoms with van der Waals surface area (Å²) in [7, 11) is 3.53. The molecule has 0 amide bonds. The Balaban J connectivity index is 1.59. The van der Waals surface area contributed by atoms with Gasteiger partial charge in [0.25, 0.3) is 0 Å². The van der Waals surface area contributed by atoms with Gasteiger partial charge < -0.3 is 9.47 Å². The first-order valence-electron chi connectivity index (χ1n) is 11.5. The zero-order valence-electron chi connectivity index (χ0n) is 19.3. The second kappa shape index (κ2) is 7.39. The summed E-state index contributed by atoms with van der Waals surface area (Å²) in [5, 5.41) is 2.70. The molecule has 0 aromatic heterocycles. The van der Waals surface area contributed by atoms with Crippen LogP contribution in [0.15, 0.2) is 87.5 Å². The Morgan fingerprint density at radius 2 is 1.44 bits per heavy atom. The van der Waals surface area contributed by atoms with Crippen molar-refractivity contribution >= 4 is 46.1 Å². The highest BCUT2D eigenvalue weighted by Gasteiger charge is 2.76.